The third-order valence-corrected chi connectivity index (χ3v) is 4.50. The zero-order valence-electron chi connectivity index (χ0n) is 13.4. The fourth-order valence-corrected chi connectivity index (χ4v) is 2.96. The predicted molar refractivity (Wildman–Crippen MR) is 99.2 cm³/mol. The van der Waals surface area contributed by atoms with Gasteiger partial charge in [-0.05, 0) is 52.6 Å². The lowest BCUT2D eigenvalue weighted by atomic mass is 10.0. The molecule has 1 aromatic carbocycles. The van der Waals surface area contributed by atoms with E-state index in [1.165, 1.54) is 0 Å². The molecule has 2 aromatic heterocycles. The summed E-state index contributed by atoms with van der Waals surface area (Å²) in [5.41, 5.74) is 8.68. The number of nitrogens with one attached hydrogen (secondary N) is 1. The SMILES string of the molecule is CCC(N)CNc1ccnc(-c2cc(-c3ccsc3)ccc2O)n1. The zero-order valence-corrected chi connectivity index (χ0v) is 14.3. The number of nitrogens with zero attached hydrogens (tertiary/aromatic N) is 2. The lowest BCUT2D eigenvalue weighted by Gasteiger charge is -2.12. The number of phenolic OH excluding ortho intramolecular Hbond substituents is 1. The van der Waals surface area contributed by atoms with Crippen molar-refractivity contribution in [2.24, 2.45) is 5.73 Å². The summed E-state index contributed by atoms with van der Waals surface area (Å²) in [5.74, 6) is 1.35. The van der Waals surface area contributed by atoms with Crippen molar-refractivity contribution in [3.05, 3.63) is 47.3 Å². The number of aromatic hydroxyl groups is 1. The Balaban J connectivity index is 1.90. The van der Waals surface area contributed by atoms with Crippen LogP contribution in [-0.2, 0) is 0 Å². The molecule has 1 atom stereocenters. The van der Waals surface area contributed by atoms with Gasteiger partial charge in [-0.25, -0.2) is 9.97 Å². The number of hydrogen-bond acceptors (Lipinski definition) is 6. The molecule has 0 aliphatic rings. The molecule has 3 rings (SSSR count). The average molecular weight is 340 g/mol. The Morgan fingerprint density at radius 3 is 2.88 bits per heavy atom. The first kappa shape index (κ1) is 16.4. The van der Waals surface area contributed by atoms with Gasteiger partial charge in [-0.15, -0.1) is 0 Å². The van der Waals surface area contributed by atoms with E-state index < -0.39 is 0 Å². The largest absolute Gasteiger partial charge is 0.507 e. The average Bonchev–Trinajstić information content (AvgIpc) is 3.15. The van der Waals surface area contributed by atoms with Crippen molar-refractivity contribution in [1.82, 2.24) is 9.97 Å². The van der Waals surface area contributed by atoms with Crippen LogP contribution in [0.15, 0.2) is 47.3 Å². The summed E-state index contributed by atoms with van der Waals surface area (Å²) in [5, 5.41) is 17.5. The Morgan fingerprint density at radius 1 is 1.25 bits per heavy atom. The van der Waals surface area contributed by atoms with E-state index in [0.29, 0.717) is 23.8 Å². The van der Waals surface area contributed by atoms with E-state index in [0.717, 1.165) is 17.5 Å². The zero-order chi connectivity index (χ0) is 16.9. The molecular weight excluding hydrogens is 320 g/mol. The van der Waals surface area contributed by atoms with Crippen molar-refractivity contribution < 1.29 is 5.11 Å². The van der Waals surface area contributed by atoms with Crippen LogP contribution in [-0.4, -0.2) is 27.7 Å². The normalized spacial score (nSPS) is 12.1. The first-order valence-corrected chi connectivity index (χ1v) is 8.80. The standard InChI is InChI=1S/C18H20N4OS/c1-2-14(19)10-21-17-5-7-20-18(22-17)15-9-12(3-4-16(15)23)13-6-8-24-11-13/h3-9,11,14,23H,2,10,19H2,1H3,(H,20,21,22). The van der Waals surface area contributed by atoms with Crippen molar-refractivity contribution in [2.75, 3.05) is 11.9 Å². The summed E-state index contributed by atoms with van der Waals surface area (Å²) in [6, 6.07) is 9.41. The van der Waals surface area contributed by atoms with Crippen LogP contribution in [0, 0.1) is 0 Å². The molecule has 0 spiro atoms. The second-order valence-electron chi connectivity index (χ2n) is 5.56. The number of hydrogen-bond donors (Lipinski definition) is 3. The number of rotatable bonds is 6. The van der Waals surface area contributed by atoms with E-state index in [4.69, 9.17) is 5.73 Å². The van der Waals surface area contributed by atoms with Crippen molar-refractivity contribution in [3.63, 3.8) is 0 Å². The van der Waals surface area contributed by atoms with Gasteiger partial charge in [-0.1, -0.05) is 13.0 Å². The van der Waals surface area contributed by atoms with Crippen LogP contribution in [0.4, 0.5) is 5.82 Å². The highest BCUT2D eigenvalue weighted by Gasteiger charge is 2.11. The van der Waals surface area contributed by atoms with E-state index in [9.17, 15) is 5.11 Å². The van der Waals surface area contributed by atoms with E-state index >= 15 is 0 Å². The highest BCUT2D eigenvalue weighted by molar-refractivity contribution is 7.08. The van der Waals surface area contributed by atoms with Crippen molar-refractivity contribution in [3.8, 4) is 28.3 Å². The number of aromatic nitrogens is 2. The molecular formula is C18H20N4OS. The third-order valence-electron chi connectivity index (χ3n) is 3.82. The van der Waals surface area contributed by atoms with Crippen LogP contribution in [0.5, 0.6) is 5.75 Å². The first-order valence-electron chi connectivity index (χ1n) is 7.86. The predicted octanol–water partition coefficient (Wildman–Crippen LogP) is 3.73. The van der Waals surface area contributed by atoms with Gasteiger partial charge in [0.25, 0.3) is 0 Å². The maximum absolute atomic E-state index is 10.2. The van der Waals surface area contributed by atoms with Crippen molar-refractivity contribution >= 4 is 17.2 Å². The molecule has 6 heteroatoms. The van der Waals surface area contributed by atoms with Gasteiger partial charge in [0.15, 0.2) is 5.82 Å². The molecule has 4 N–H and O–H groups in total. The molecule has 1 unspecified atom stereocenters. The first-order chi connectivity index (χ1) is 11.7. The fourth-order valence-electron chi connectivity index (χ4n) is 2.29. The maximum atomic E-state index is 10.2. The molecule has 0 aliphatic heterocycles. The third kappa shape index (κ3) is 3.72. The van der Waals surface area contributed by atoms with Crippen LogP contribution in [0.1, 0.15) is 13.3 Å². The Morgan fingerprint density at radius 2 is 2.12 bits per heavy atom. The van der Waals surface area contributed by atoms with Crippen LogP contribution in [0.25, 0.3) is 22.5 Å². The lowest BCUT2D eigenvalue weighted by Crippen LogP contribution is -2.28. The topological polar surface area (TPSA) is 84.1 Å². The summed E-state index contributed by atoms with van der Waals surface area (Å²) < 4.78 is 0. The molecule has 2 heterocycles. The molecule has 0 fully saturated rings. The second kappa shape index (κ2) is 7.42. The van der Waals surface area contributed by atoms with Gasteiger partial charge < -0.3 is 16.2 Å². The second-order valence-corrected chi connectivity index (χ2v) is 6.34. The Hall–Kier alpha value is -2.44. The minimum atomic E-state index is 0.0822. The monoisotopic (exact) mass is 340 g/mol. The van der Waals surface area contributed by atoms with Crippen LogP contribution >= 0.6 is 11.3 Å². The summed E-state index contributed by atoms with van der Waals surface area (Å²) in [4.78, 5) is 8.80. The van der Waals surface area contributed by atoms with E-state index in [2.05, 4.69) is 20.7 Å². The number of nitrogens with two attached hydrogens (primary N) is 1. The molecule has 0 bridgehead atoms. The molecule has 24 heavy (non-hydrogen) atoms. The van der Waals surface area contributed by atoms with E-state index in [-0.39, 0.29) is 11.8 Å². The minimum absolute atomic E-state index is 0.0822. The summed E-state index contributed by atoms with van der Waals surface area (Å²) in [7, 11) is 0. The molecule has 0 saturated carbocycles. The maximum Gasteiger partial charge on any atom is 0.165 e. The summed E-state index contributed by atoms with van der Waals surface area (Å²) >= 11 is 1.64. The molecule has 0 saturated heterocycles. The van der Waals surface area contributed by atoms with Gasteiger partial charge in [-0.3, -0.25) is 0 Å². The minimum Gasteiger partial charge on any atom is -0.507 e. The molecule has 5 nitrogen and oxygen atoms in total. The van der Waals surface area contributed by atoms with Gasteiger partial charge in [0.2, 0.25) is 0 Å². The Labute approximate surface area is 145 Å². The highest BCUT2D eigenvalue weighted by Crippen LogP contribution is 2.32. The van der Waals surface area contributed by atoms with E-state index in [1.807, 2.05) is 30.5 Å². The van der Waals surface area contributed by atoms with Gasteiger partial charge in [0.05, 0.1) is 5.56 Å². The van der Waals surface area contributed by atoms with Gasteiger partial charge in [0.1, 0.15) is 11.6 Å². The summed E-state index contributed by atoms with van der Waals surface area (Å²) in [6.07, 6.45) is 2.58. The number of phenols is 1. The highest BCUT2D eigenvalue weighted by atomic mass is 32.1. The van der Waals surface area contributed by atoms with Gasteiger partial charge in [-0.2, -0.15) is 11.3 Å². The van der Waals surface area contributed by atoms with Crippen LogP contribution < -0.4 is 11.1 Å². The molecule has 3 aromatic rings. The van der Waals surface area contributed by atoms with Crippen molar-refractivity contribution in [1.29, 1.82) is 0 Å². The van der Waals surface area contributed by atoms with Gasteiger partial charge in [0, 0.05) is 18.8 Å². The molecule has 0 radical (unpaired) electrons. The van der Waals surface area contributed by atoms with Crippen LogP contribution in [0.2, 0.25) is 0 Å². The quantitative estimate of drug-likeness (QED) is 0.637. The Bertz CT molecular complexity index is 805. The fraction of sp³-hybridized carbons (Fsp3) is 0.222. The summed E-state index contributed by atoms with van der Waals surface area (Å²) in [6.45, 7) is 2.69. The van der Waals surface area contributed by atoms with E-state index in [1.54, 1.807) is 29.7 Å². The molecule has 0 aliphatic carbocycles. The number of thiophene rings is 1. The van der Waals surface area contributed by atoms with Crippen molar-refractivity contribution in [2.45, 2.75) is 19.4 Å². The van der Waals surface area contributed by atoms with Gasteiger partial charge >= 0.3 is 0 Å². The molecule has 0 amide bonds. The number of anilines is 1. The smallest absolute Gasteiger partial charge is 0.165 e. The Kier molecular flexibility index (Phi) is 5.08. The number of benzene rings is 1. The van der Waals surface area contributed by atoms with Crippen LogP contribution in [0.3, 0.4) is 0 Å². The molecule has 124 valence electrons. The lowest BCUT2D eigenvalue weighted by molar-refractivity contribution is 0.477.